The summed E-state index contributed by atoms with van der Waals surface area (Å²) in [5.41, 5.74) is 0.278. The minimum atomic E-state index is -1.03. The number of rotatable bonds is 4. The maximum Gasteiger partial charge on any atom is 0.204 e. The van der Waals surface area contributed by atoms with E-state index in [0.717, 1.165) is 0 Å². The standard InChI is InChI=1S/C16H14O6/c17-7-9(18)8-21-10-5-12(19)15-14(6-10)22-13-4-2-1-3-11(13)16(15)20/h1-6,9,17-19H,7-8H2. The minimum absolute atomic E-state index is 0.0776. The van der Waals surface area contributed by atoms with Gasteiger partial charge in [0.15, 0.2) is 0 Å². The van der Waals surface area contributed by atoms with Crippen molar-refractivity contribution in [3.05, 3.63) is 46.6 Å². The molecule has 0 aliphatic rings. The Bertz CT molecular complexity index is 883. The van der Waals surface area contributed by atoms with Crippen LogP contribution in [0.2, 0.25) is 0 Å². The summed E-state index contributed by atoms with van der Waals surface area (Å²) in [5.74, 6) is -0.0265. The highest BCUT2D eigenvalue weighted by Crippen LogP contribution is 2.30. The van der Waals surface area contributed by atoms with E-state index < -0.39 is 12.7 Å². The molecule has 0 aliphatic carbocycles. The van der Waals surface area contributed by atoms with Gasteiger partial charge in [0.1, 0.15) is 40.8 Å². The molecule has 1 unspecified atom stereocenters. The Morgan fingerprint density at radius 1 is 1.18 bits per heavy atom. The van der Waals surface area contributed by atoms with Crippen molar-refractivity contribution in [3.63, 3.8) is 0 Å². The molecule has 0 saturated carbocycles. The molecule has 0 saturated heterocycles. The molecule has 3 rings (SSSR count). The summed E-state index contributed by atoms with van der Waals surface area (Å²) < 4.78 is 10.9. The van der Waals surface area contributed by atoms with Crippen molar-refractivity contribution in [1.29, 1.82) is 0 Å². The van der Waals surface area contributed by atoms with Gasteiger partial charge in [-0.05, 0) is 12.1 Å². The lowest BCUT2D eigenvalue weighted by atomic mass is 10.1. The number of benzene rings is 2. The summed E-state index contributed by atoms with van der Waals surface area (Å²) in [6, 6.07) is 9.49. The number of fused-ring (bicyclic) bond motifs is 2. The first-order valence-corrected chi connectivity index (χ1v) is 6.70. The van der Waals surface area contributed by atoms with Crippen molar-refractivity contribution in [1.82, 2.24) is 0 Å². The van der Waals surface area contributed by atoms with Crippen LogP contribution >= 0.6 is 0 Å². The number of hydrogen-bond acceptors (Lipinski definition) is 6. The van der Waals surface area contributed by atoms with Crippen molar-refractivity contribution in [2.24, 2.45) is 0 Å². The van der Waals surface area contributed by atoms with Crippen LogP contribution in [0.15, 0.2) is 45.6 Å². The number of ether oxygens (including phenoxy) is 1. The fourth-order valence-corrected chi connectivity index (χ4v) is 2.21. The van der Waals surface area contributed by atoms with Crippen molar-refractivity contribution in [2.45, 2.75) is 6.10 Å². The van der Waals surface area contributed by atoms with Gasteiger partial charge < -0.3 is 24.5 Å². The van der Waals surface area contributed by atoms with Gasteiger partial charge in [-0.1, -0.05) is 12.1 Å². The Kier molecular flexibility index (Phi) is 3.70. The molecule has 0 bridgehead atoms. The molecule has 0 radical (unpaired) electrons. The van der Waals surface area contributed by atoms with E-state index in [-0.39, 0.29) is 34.5 Å². The van der Waals surface area contributed by atoms with Gasteiger partial charge in [-0.25, -0.2) is 0 Å². The lowest BCUT2D eigenvalue weighted by Crippen LogP contribution is -2.21. The Labute approximate surface area is 124 Å². The monoisotopic (exact) mass is 302 g/mol. The lowest BCUT2D eigenvalue weighted by molar-refractivity contribution is 0.0535. The smallest absolute Gasteiger partial charge is 0.204 e. The first-order valence-electron chi connectivity index (χ1n) is 6.70. The second kappa shape index (κ2) is 5.67. The van der Waals surface area contributed by atoms with Crippen LogP contribution in [0.1, 0.15) is 0 Å². The first kappa shape index (κ1) is 14.4. The molecule has 0 aliphatic heterocycles. The molecular weight excluding hydrogens is 288 g/mol. The summed E-state index contributed by atoms with van der Waals surface area (Å²) in [6.45, 7) is -0.571. The molecule has 6 heteroatoms. The van der Waals surface area contributed by atoms with Crippen molar-refractivity contribution in [2.75, 3.05) is 13.2 Å². The van der Waals surface area contributed by atoms with Crippen LogP contribution in [0.4, 0.5) is 0 Å². The van der Waals surface area contributed by atoms with Gasteiger partial charge in [-0.15, -0.1) is 0 Å². The second-order valence-electron chi connectivity index (χ2n) is 4.89. The Balaban J connectivity index is 2.13. The molecule has 1 atom stereocenters. The Morgan fingerprint density at radius 2 is 1.95 bits per heavy atom. The van der Waals surface area contributed by atoms with Crippen LogP contribution < -0.4 is 10.2 Å². The largest absolute Gasteiger partial charge is 0.507 e. The van der Waals surface area contributed by atoms with E-state index in [1.807, 2.05) is 0 Å². The number of aromatic hydroxyl groups is 1. The highest BCUT2D eigenvalue weighted by atomic mass is 16.5. The molecule has 0 amide bonds. The van der Waals surface area contributed by atoms with Crippen LogP contribution in [0, 0.1) is 0 Å². The van der Waals surface area contributed by atoms with Crippen molar-refractivity contribution in [3.8, 4) is 11.5 Å². The summed E-state index contributed by atoms with van der Waals surface area (Å²) >= 11 is 0. The topological polar surface area (TPSA) is 100 Å². The molecule has 1 aromatic heterocycles. The molecule has 6 nitrogen and oxygen atoms in total. The third-order valence-electron chi connectivity index (χ3n) is 3.29. The molecule has 0 spiro atoms. The van der Waals surface area contributed by atoms with Gasteiger partial charge in [0, 0.05) is 12.1 Å². The SMILES string of the molecule is O=c1c2ccccc2oc2cc(OCC(O)CO)cc(O)c12. The number of phenols is 1. The first-order chi connectivity index (χ1) is 10.6. The fraction of sp³-hybridized carbons (Fsp3) is 0.188. The van der Waals surface area contributed by atoms with Crippen LogP contribution in [-0.4, -0.2) is 34.6 Å². The number of aliphatic hydroxyl groups is 2. The molecule has 114 valence electrons. The third-order valence-corrected chi connectivity index (χ3v) is 3.29. The fourth-order valence-electron chi connectivity index (χ4n) is 2.21. The third kappa shape index (κ3) is 2.49. The van der Waals surface area contributed by atoms with E-state index in [1.54, 1.807) is 24.3 Å². The van der Waals surface area contributed by atoms with E-state index in [2.05, 4.69) is 0 Å². The van der Waals surface area contributed by atoms with Crippen molar-refractivity contribution < 1.29 is 24.5 Å². The van der Waals surface area contributed by atoms with Gasteiger partial charge in [-0.2, -0.15) is 0 Å². The van der Waals surface area contributed by atoms with E-state index >= 15 is 0 Å². The zero-order valence-electron chi connectivity index (χ0n) is 11.5. The van der Waals surface area contributed by atoms with Crippen LogP contribution in [0.5, 0.6) is 11.5 Å². The lowest BCUT2D eigenvalue weighted by Gasteiger charge is -2.11. The average Bonchev–Trinajstić information content (AvgIpc) is 2.52. The van der Waals surface area contributed by atoms with E-state index in [0.29, 0.717) is 11.0 Å². The quantitative estimate of drug-likeness (QED) is 0.630. The predicted octanol–water partition coefficient (Wildman–Crippen LogP) is 1.38. The Morgan fingerprint density at radius 3 is 2.73 bits per heavy atom. The van der Waals surface area contributed by atoms with Gasteiger partial charge in [-0.3, -0.25) is 4.79 Å². The highest BCUT2D eigenvalue weighted by Gasteiger charge is 2.14. The summed E-state index contributed by atoms with van der Waals surface area (Å²) in [6.07, 6.45) is -1.03. The van der Waals surface area contributed by atoms with Crippen LogP contribution in [0.3, 0.4) is 0 Å². The normalized spacial score (nSPS) is 12.6. The predicted molar refractivity (Wildman–Crippen MR) is 80.2 cm³/mol. The molecular formula is C16H14O6. The average molecular weight is 302 g/mol. The maximum absolute atomic E-state index is 12.4. The van der Waals surface area contributed by atoms with Crippen molar-refractivity contribution >= 4 is 21.9 Å². The molecule has 22 heavy (non-hydrogen) atoms. The molecule has 1 heterocycles. The van der Waals surface area contributed by atoms with Gasteiger partial charge in [0.05, 0.1) is 12.0 Å². The Hall–Kier alpha value is -2.57. The minimum Gasteiger partial charge on any atom is -0.507 e. The van der Waals surface area contributed by atoms with E-state index in [9.17, 15) is 15.0 Å². The summed E-state index contributed by atoms with van der Waals surface area (Å²) in [7, 11) is 0. The molecule has 3 aromatic rings. The summed E-state index contributed by atoms with van der Waals surface area (Å²) in [4.78, 5) is 12.4. The zero-order valence-corrected chi connectivity index (χ0v) is 11.5. The molecule has 3 N–H and O–H groups in total. The van der Waals surface area contributed by atoms with Gasteiger partial charge in [0.25, 0.3) is 0 Å². The molecule has 2 aromatic carbocycles. The summed E-state index contributed by atoms with van der Waals surface area (Å²) in [5, 5.41) is 28.6. The van der Waals surface area contributed by atoms with Crippen LogP contribution in [-0.2, 0) is 0 Å². The van der Waals surface area contributed by atoms with E-state index in [4.69, 9.17) is 14.3 Å². The number of para-hydroxylation sites is 1. The number of phenolic OH excluding ortho intramolecular Hbond substituents is 1. The van der Waals surface area contributed by atoms with Crippen LogP contribution in [0.25, 0.3) is 21.9 Å². The zero-order chi connectivity index (χ0) is 15.7. The number of hydrogen-bond donors (Lipinski definition) is 3. The van der Waals surface area contributed by atoms with Gasteiger partial charge in [0.2, 0.25) is 5.43 Å². The second-order valence-corrected chi connectivity index (χ2v) is 4.89. The van der Waals surface area contributed by atoms with E-state index in [1.165, 1.54) is 12.1 Å². The highest BCUT2D eigenvalue weighted by molar-refractivity contribution is 5.93. The maximum atomic E-state index is 12.4. The molecule has 0 fully saturated rings. The number of aliphatic hydroxyl groups excluding tert-OH is 2. The van der Waals surface area contributed by atoms with Gasteiger partial charge >= 0.3 is 0 Å².